The molecule has 0 aliphatic rings. The summed E-state index contributed by atoms with van der Waals surface area (Å²) in [6.07, 6.45) is 6.34. The molecule has 4 heteroatoms. The molecule has 0 aliphatic heterocycles. The Kier molecular flexibility index (Phi) is 5.59. The van der Waals surface area contributed by atoms with Gasteiger partial charge in [0.15, 0.2) is 11.6 Å². The molecule has 0 aliphatic carbocycles. The van der Waals surface area contributed by atoms with Gasteiger partial charge in [0.1, 0.15) is 0 Å². The lowest BCUT2D eigenvalue weighted by Crippen LogP contribution is -1.83. The maximum atomic E-state index is 13.8. The number of aryl methyl sites for hydroxylation is 1. The van der Waals surface area contributed by atoms with Crippen LogP contribution in [0.1, 0.15) is 37.5 Å². The van der Waals surface area contributed by atoms with Gasteiger partial charge in [-0.05, 0) is 94.5 Å². The number of unbranched alkanes of at least 4 members (excludes halogenated alkanes) is 3. The first kappa shape index (κ1) is 21.7. The van der Waals surface area contributed by atoms with Crippen LogP contribution >= 0.6 is 22.7 Å². The van der Waals surface area contributed by atoms with Crippen LogP contribution in [0.4, 0.5) is 8.78 Å². The van der Waals surface area contributed by atoms with Crippen molar-refractivity contribution in [3.05, 3.63) is 83.2 Å². The second-order valence-electron chi connectivity index (χ2n) is 9.05. The van der Waals surface area contributed by atoms with Gasteiger partial charge in [-0.15, -0.1) is 22.7 Å². The van der Waals surface area contributed by atoms with Gasteiger partial charge in [-0.2, -0.15) is 0 Å². The van der Waals surface area contributed by atoms with E-state index in [1.165, 1.54) is 75.0 Å². The first-order valence-corrected chi connectivity index (χ1v) is 13.5. The third-order valence-electron chi connectivity index (χ3n) is 6.65. The summed E-state index contributed by atoms with van der Waals surface area (Å²) in [6.45, 7) is 2.25. The largest absolute Gasteiger partial charge is 0.204 e. The Hall–Kier alpha value is -2.82. The van der Waals surface area contributed by atoms with Gasteiger partial charge in [0, 0.05) is 29.9 Å². The Bertz CT molecular complexity index is 1670. The molecule has 0 unspecified atom stereocenters. The Morgan fingerprint density at radius 1 is 0.618 bits per heavy atom. The van der Waals surface area contributed by atoms with Gasteiger partial charge in [0.05, 0.1) is 0 Å². The summed E-state index contributed by atoms with van der Waals surface area (Å²) in [5, 5.41) is 6.12. The molecule has 0 atom stereocenters. The lowest BCUT2D eigenvalue weighted by molar-refractivity contribution is 0.511. The van der Waals surface area contributed by atoms with E-state index in [4.69, 9.17) is 0 Å². The smallest absolute Gasteiger partial charge is 0.159 e. The Morgan fingerprint density at radius 2 is 1.29 bits per heavy atom. The minimum absolute atomic E-state index is 0.727. The van der Waals surface area contributed by atoms with Gasteiger partial charge in [-0.25, -0.2) is 8.78 Å². The van der Waals surface area contributed by atoms with E-state index in [9.17, 15) is 8.78 Å². The molecule has 0 spiro atoms. The highest BCUT2D eigenvalue weighted by Crippen LogP contribution is 2.40. The fourth-order valence-electron chi connectivity index (χ4n) is 4.81. The van der Waals surface area contributed by atoms with Crippen LogP contribution in [0, 0.1) is 11.6 Å². The molecule has 2 aromatic heterocycles. The van der Waals surface area contributed by atoms with Gasteiger partial charge in [0.25, 0.3) is 0 Å². The van der Waals surface area contributed by atoms with Crippen molar-refractivity contribution in [2.75, 3.05) is 0 Å². The zero-order chi connectivity index (χ0) is 23.2. The van der Waals surface area contributed by atoms with Gasteiger partial charge in [-0.3, -0.25) is 0 Å². The number of hydrogen-bond donors (Lipinski definition) is 0. The summed E-state index contributed by atoms with van der Waals surface area (Å²) < 4.78 is 29.8. The third-order valence-corrected chi connectivity index (χ3v) is 8.96. The summed E-state index contributed by atoms with van der Waals surface area (Å²) in [7, 11) is 0. The van der Waals surface area contributed by atoms with Crippen LogP contribution in [0.5, 0.6) is 0 Å². The normalized spacial score (nSPS) is 12.0. The molecule has 2 heterocycles. The van der Waals surface area contributed by atoms with Crippen molar-refractivity contribution in [1.82, 2.24) is 0 Å². The highest BCUT2D eigenvalue weighted by atomic mass is 32.1. The van der Waals surface area contributed by atoms with Crippen molar-refractivity contribution in [3.8, 4) is 10.4 Å². The maximum Gasteiger partial charge on any atom is 0.159 e. The number of rotatable bonds is 6. The van der Waals surface area contributed by atoms with E-state index in [0.29, 0.717) is 0 Å². The third kappa shape index (κ3) is 3.89. The number of hydrogen-bond acceptors (Lipinski definition) is 2. The average molecular weight is 487 g/mol. The van der Waals surface area contributed by atoms with Gasteiger partial charge < -0.3 is 0 Å². The van der Waals surface area contributed by atoms with E-state index in [0.717, 1.165) is 26.2 Å². The molecule has 0 amide bonds. The monoisotopic (exact) mass is 486 g/mol. The molecule has 0 nitrogen and oxygen atoms in total. The highest BCUT2D eigenvalue weighted by molar-refractivity contribution is 7.26. The minimum Gasteiger partial charge on any atom is -0.204 e. The van der Waals surface area contributed by atoms with E-state index in [2.05, 4.69) is 49.4 Å². The molecule has 6 aromatic rings. The van der Waals surface area contributed by atoms with Crippen LogP contribution in [-0.2, 0) is 6.42 Å². The Morgan fingerprint density at radius 3 is 2.03 bits per heavy atom. The molecule has 4 aromatic carbocycles. The van der Waals surface area contributed by atoms with Crippen molar-refractivity contribution < 1.29 is 8.78 Å². The molecule has 170 valence electrons. The van der Waals surface area contributed by atoms with Crippen molar-refractivity contribution in [2.45, 2.75) is 39.0 Å². The van der Waals surface area contributed by atoms with Gasteiger partial charge in [-0.1, -0.05) is 38.3 Å². The van der Waals surface area contributed by atoms with Crippen LogP contribution in [0.25, 0.3) is 52.2 Å². The van der Waals surface area contributed by atoms with Crippen molar-refractivity contribution >= 4 is 64.4 Å². The van der Waals surface area contributed by atoms with Crippen LogP contribution in [-0.4, -0.2) is 0 Å². The van der Waals surface area contributed by atoms with Crippen LogP contribution < -0.4 is 0 Å². The van der Waals surface area contributed by atoms with Crippen LogP contribution in [0.3, 0.4) is 0 Å². The van der Waals surface area contributed by atoms with E-state index >= 15 is 0 Å². The number of fused-ring (bicyclic) bond motifs is 5. The average Bonchev–Trinajstić information content (AvgIpc) is 3.44. The molecule has 0 N–H and O–H groups in total. The Labute approximate surface area is 205 Å². The highest BCUT2D eigenvalue weighted by Gasteiger charge is 2.12. The summed E-state index contributed by atoms with van der Waals surface area (Å²) in [5.41, 5.74) is 1.26. The van der Waals surface area contributed by atoms with E-state index in [1.807, 2.05) is 23.5 Å². The molecule has 34 heavy (non-hydrogen) atoms. The summed E-state index contributed by atoms with van der Waals surface area (Å²) >= 11 is 3.61. The molecule has 6 rings (SSSR count). The molecule has 0 saturated carbocycles. The SMILES string of the molecule is CCCCCCc1ccc(-c2ccc3cc4c(cc3c2)sc2cc3cc(F)c(F)cc3cc24)s1. The maximum absolute atomic E-state index is 13.8. The van der Waals surface area contributed by atoms with E-state index < -0.39 is 11.6 Å². The fourth-order valence-corrected chi connectivity index (χ4v) is 7.02. The second kappa shape index (κ2) is 8.75. The van der Waals surface area contributed by atoms with Crippen LogP contribution in [0.2, 0.25) is 0 Å². The molecule has 0 fully saturated rings. The molecular weight excluding hydrogens is 462 g/mol. The Balaban J connectivity index is 1.39. The first-order valence-electron chi connectivity index (χ1n) is 11.9. The fraction of sp³-hybridized carbons (Fsp3) is 0.200. The molecule has 0 radical (unpaired) electrons. The van der Waals surface area contributed by atoms with Crippen LogP contribution in [0.15, 0.2) is 66.7 Å². The lowest BCUT2D eigenvalue weighted by Gasteiger charge is -2.04. The predicted octanol–water partition coefficient (Wildman–Crippen LogP) is 10.5. The van der Waals surface area contributed by atoms with Gasteiger partial charge >= 0.3 is 0 Å². The van der Waals surface area contributed by atoms with Gasteiger partial charge in [0.2, 0.25) is 0 Å². The summed E-state index contributed by atoms with van der Waals surface area (Å²) in [6, 6.07) is 22.2. The van der Waals surface area contributed by atoms with Crippen molar-refractivity contribution in [1.29, 1.82) is 0 Å². The lowest BCUT2D eigenvalue weighted by atomic mass is 10.0. The predicted molar refractivity (Wildman–Crippen MR) is 145 cm³/mol. The number of halogens is 2. The first-order chi connectivity index (χ1) is 16.6. The minimum atomic E-state index is -0.804. The topological polar surface area (TPSA) is 0 Å². The standard InChI is InChI=1S/C30H24F2S2/c1-2-3-4-5-6-23-9-10-28(33-23)19-8-7-18-12-24-25-13-21-14-26(31)27(32)15-22(21)17-30(25)34-29(24)16-20(18)11-19/h7-17H,2-6H2,1H3. The zero-order valence-corrected chi connectivity index (χ0v) is 20.6. The van der Waals surface area contributed by atoms with Crippen molar-refractivity contribution in [3.63, 3.8) is 0 Å². The van der Waals surface area contributed by atoms with E-state index in [1.54, 1.807) is 11.3 Å². The molecular formula is C30H24F2S2. The summed E-state index contributed by atoms with van der Waals surface area (Å²) in [5.74, 6) is -1.61. The summed E-state index contributed by atoms with van der Waals surface area (Å²) in [4.78, 5) is 2.78. The molecule has 0 saturated heterocycles. The number of thiophene rings is 2. The molecule has 0 bridgehead atoms. The quantitative estimate of drug-likeness (QED) is 0.205. The van der Waals surface area contributed by atoms with E-state index in [-0.39, 0.29) is 0 Å². The number of benzene rings is 4. The second-order valence-corrected chi connectivity index (χ2v) is 11.3. The zero-order valence-electron chi connectivity index (χ0n) is 19.0. The van der Waals surface area contributed by atoms with Crippen molar-refractivity contribution in [2.24, 2.45) is 0 Å².